The summed E-state index contributed by atoms with van der Waals surface area (Å²) in [6.07, 6.45) is 1.70. The van der Waals surface area contributed by atoms with E-state index in [1.54, 1.807) is 11.8 Å². The highest BCUT2D eigenvalue weighted by atomic mass is 32.2. The molecule has 5 heteroatoms. The first-order valence-corrected chi connectivity index (χ1v) is 12.6. The van der Waals surface area contributed by atoms with Crippen molar-refractivity contribution in [2.75, 3.05) is 5.32 Å². The number of benzene rings is 3. The van der Waals surface area contributed by atoms with Crippen LogP contribution in [-0.4, -0.2) is 15.9 Å². The second kappa shape index (κ2) is 7.41. The Balaban J connectivity index is 1.44. The molecular weight excluding hydrogens is 438 g/mol. The minimum absolute atomic E-state index is 0.0191. The summed E-state index contributed by atoms with van der Waals surface area (Å²) in [5.74, 6) is 0.0191. The maximum Gasteiger partial charge on any atom is 0.237 e. The number of rotatable bonds is 4. The molecule has 2 atom stereocenters. The average Bonchev–Trinajstić information content (AvgIpc) is 3.14. The van der Waals surface area contributed by atoms with Crippen LogP contribution in [0.15, 0.2) is 88.7 Å². The van der Waals surface area contributed by atoms with Crippen LogP contribution >= 0.6 is 11.8 Å². The lowest BCUT2D eigenvalue weighted by atomic mass is 9.63. The maximum atomic E-state index is 14.3. The monoisotopic (exact) mass is 465 g/mol. The molecule has 0 aliphatic heterocycles. The van der Waals surface area contributed by atoms with Gasteiger partial charge in [0.15, 0.2) is 0 Å². The molecule has 4 nitrogen and oxygen atoms in total. The van der Waals surface area contributed by atoms with Gasteiger partial charge in [-0.3, -0.25) is 4.79 Å². The molecule has 2 bridgehead atoms. The van der Waals surface area contributed by atoms with Crippen molar-refractivity contribution in [3.8, 4) is 0 Å². The van der Waals surface area contributed by atoms with Crippen molar-refractivity contribution < 1.29 is 4.79 Å². The van der Waals surface area contributed by atoms with Gasteiger partial charge >= 0.3 is 0 Å². The summed E-state index contributed by atoms with van der Waals surface area (Å²) in [6.45, 7) is 6.70. The van der Waals surface area contributed by atoms with E-state index in [1.807, 2.05) is 60.7 Å². The number of anilines is 1. The molecule has 4 aromatic rings. The number of hydrogen-bond acceptors (Lipinski definition) is 4. The maximum absolute atomic E-state index is 14.3. The van der Waals surface area contributed by atoms with Crippen LogP contribution in [0, 0.1) is 5.41 Å². The van der Waals surface area contributed by atoms with Crippen molar-refractivity contribution in [3.63, 3.8) is 0 Å². The van der Waals surface area contributed by atoms with Gasteiger partial charge < -0.3 is 5.32 Å². The van der Waals surface area contributed by atoms with E-state index in [4.69, 9.17) is 9.97 Å². The molecule has 170 valence electrons. The fourth-order valence-electron chi connectivity index (χ4n) is 6.05. The van der Waals surface area contributed by atoms with Crippen LogP contribution in [-0.2, 0) is 15.6 Å². The van der Waals surface area contributed by atoms with Crippen molar-refractivity contribution in [3.05, 3.63) is 90.3 Å². The van der Waals surface area contributed by atoms with Crippen LogP contribution in [0.5, 0.6) is 0 Å². The van der Waals surface area contributed by atoms with Crippen molar-refractivity contribution in [1.29, 1.82) is 0 Å². The zero-order valence-electron chi connectivity index (χ0n) is 19.6. The minimum atomic E-state index is -0.724. The second-order valence-electron chi connectivity index (χ2n) is 10.1. The predicted octanol–water partition coefficient (Wildman–Crippen LogP) is 6.75. The summed E-state index contributed by atoms with van der Waals surface area (Å²) in [6, 6.07) is 26.2. The number of fused-ring (bicyclic) bond motifs is 6. The van der Waals surface area contributed by atoms with Gasteiger partial charge in [0, 0.05) is 15.2 Å². The number of amides is 1. The Labute approximate surface area is 204 Å². The second-order valence-corrected chi connectivity index (χ2v) is 11.3. The third-order valence-electron chi connectivity index (χ3n) is 8.44. The smallest absolute Gasteiger partial charge is 0.237 e. The molecule has 0 radical (unpaired) electrons. The predicted molar refractivity (Wildman–Crippen MR) is 137 cm³/mol. The zero-order chi connectivity index (χ0) is 23.6. The van der Waals surface area contributed by atoms with E-state index in [-0.39, 0.29) is 16.7 Å². The average molecular weight is 466 g/mol. The quantitative estimate of drug-likeness (QED) is 0.362. The van der Waals surface area contributed by atoms with E-state index in [0.717, 1.165) is 50.7 Å². The summed E-state index contributed by atoms with van der Waals surface area (Å²) in [5, 5.41) is 3.33. The van der Waals surface area contributed by atoms with E-state index in [0.29, 0.717) is 0 Å². The molecular formula is C29H27N3OS. The lowest BCUT2D eigenvalue weighted by molar-refractivity contribution is -0.125. The number of para-hydroxylation sites is 3. The molecule has 0 spiro atoms. The fraction of sp³-hybridized carbons (Fsp3) is 0.276. The van der Waals surface area contributed by atoms with Crippen LogP contribution in [0.4, 0.5) is 5.69 Å². The molecule has 1 fully saturated rings. The first-order chi connectivity index (χ1) is 16.4. The molecule has 2 aliphatic rings. The van der Waals surface area contributed by atoms with E-state index in [9.17, 15) is 4.79 Å². The first kappa shape index (κ1) is 21.4. The van der Waals surface area contributed by atoms with Crippen molar-refractivity contribution >= 4 is 34.4 Å². The molecule has 0 saturated heterocycles. The molecule has 2 unspecified atom stereocenters. The Bertz CT molecular complexity index is 1430. The van der Waals surface area contributed by atoms with Gasteiger partial charge in [-0.05, 0) is 54.7 Å². The van der Waals surface area contributed by atoms with Crippen LogP contribution in [0.1, 0.15) is 45.0 Å². The molecule has 1 heterocycles. The van der Waals surface area contributed by atoms with Gasteiger partial charge in [0.1, 0.15) is 0 Å². The fourth-order valence-corrected chi connectivity index (χ4v) is 6.98. The highest BCUT2D eigenvalue weighted by Gasteiger charge is 2.73. The van der Waals surface area contributed by atoms with Gasteiger partial charge in [-0.25, -0.2) is 9.97 Å². The van der Waals surface area contributed by atoms with E-state index in [2.05, 4.69) is 44.3 Å². The molecule has 34 heavy (non-hydrogen) atoms. The standard InChI is InChI=1S/C29H27N3OS/c1-27(2)28(3)17-18-29(27,25-24(28)30-20-13-7-8-14-21(20)31-25)26(33)32-22-15-9-10-16-23(22)34-19-11-5-4-6-12-19/h4-16H,17-18H2,1-3H3,(H,32,33). The lowest BCUT2D eigenvalue weighted by Gasteiger charge is -2.39. The Morgan fingerprint density at radius 3 is 2.15 bits per heavy atom. The Kier molecular flexibility index (Phi) is 4.65. The number of nitrogens with zero attached hydrogens (tertiary/aromatic N) is 2. The van der Waals surface area contributed by atoms with Gasteiger partial charge in [-0.2, -0.15) is 0 Å². The Morgan fingerprint density at radius 1 is 0.794 bits per heavy atom. The number of nitrogens with one attached hydrogen (secondary N) is 1. The van der Waals surface area contributed by atoms with Crippen molar-refractivity contribution in [2.24, 2.45) is 5.41 Å². The summed E-state index contributed by atoms with van der Waals surface area (Å²) in [5.41, 5.74) is 3.19. The largest absolute Gasteiger partial charge is 0.324 e. The molecule has 1 N–H and O–H groups in total. The highest BCUT2D eigenvalue weighted by molar-refractivity contribution is 7.99. The number of aromatic nitrogens is 2. The third-order valence-corrected chi connectivity index (χ3v) is 9.52. The van der Waals surface area contributed by atoms with Gasteiger partial charge in [0.25, 0.3) is 0 Å². The normalized spacial score (nSPS) is 24.2. The zero-order valence-corrected chi connectivity index (χ0v) is 20.4. The van der Waals surface area contributed by atoms with Gasteiger partial charge in [-0.1, -0.05) is 75.0 Å². The third kappa shape index (κ3) is 2.76. The molecule has 2 aliphatic carbocycles. The van der Waals surface area contributed by atoms with Crippen LogP contribution < -0.4 is 5.32 Å². The first-order valence-electron chi connectivity index (χ1n) is 11.8. The van der Waals surface area contributed by atoms with Gasteiger partial charge in [0.05, 0.1) is 33.5 Å². The molecule has 1 aromatic heterocycles. The SMILES string of the molecule is CC12CCC(C(=O)Nc3ccccc3Sc3ccccc3)(c3nc4ccccc4nc31)C2(C)C. The summed E-state index contributed by atoms with van der Waals surface area (Å²) in [4.78, 5) is 26.6. The molecule has 1 saturated carbocycles. The topological polar surface area (TPSA) is 54.9 Å². The van der Waals surface area contributed by atoms with Crippen LogP contribution in [0.25, 0.3) is 11.0 Å². The molecule has 1 amide bonds. The lowest BCUT2D eigenvalue weighted by Crippen LogP contribution is -2.48. The molecule has 6 rings (SSSR count). The molecule has 3 aromatic carbocycles. The summed E-state index contributed by atoms with van der Waals surface area (Å²) in [7, 11) is 0. The van der Waals surface area contributed by atoms with Crippen molar-refractivity contribution in [1.82, 2.24) is 9.97 Å². The summed E-state index contributed by atoms with van der Waals surface area (Å²) < 4.78 is 0. The summed E-state index contributed by atoms with van der Waals surface area (Å²) >= 11 is 1.66. The highest BCUT2D eigenvalue weighted by Crippen LogP contribution is 2.70. The Morgan fingerprint density at radius 2 is 1.41 bits per heavy atom. The van der Waals surface area contributed by atoms with Crippen molar-refractivity contribution in [2.45, 2.75) is 54.2 Å². The minimum Gasteiger partial charge on any atom is -0.324 e. The van der Waals surface area contributed by atoms with Crippen LogP contribution in [0.2, 0.25) is 0 Å². The van der Waals surface area contributed by atoms with E-state index >= 15 is 0 Å². The van der Waals surface area contributed by atoms with Crippen LogP contribution in [0.3, 0.4) is 0 Å². The number of hydrogen-bond donors (Lipinski definition) is 1. The number of carbonyl (C=O) groups is 1. The van der Waals surface area contributed by atoms with E-state index in [1.165, 1.54) is 0 Å². The number of carbonyl (C=O) groups excluding carboxylic acids is 1. The van der Waals surface area contributed by atoms with Gasteiger partial charge in [-0.15, -0.1) is 0 Å². The Hall–Kier alpha value is -3.18. The van der Waals surface area contributed by atoms with E-state index < -0.39 is 5.41 Å². The van der Waals surface area contributed by atoms with Gasteiger partial charge in [0.2, 0.25) is 5.91 Å².